The van der Waals surface area contributed by atoms with Crippen molar-refractivity contribution in [1.82, 2.24) is 16.0 Å². The minimum atomic E-state index is -0.220. The van der Waals surface area contributed by atoms with E-state index in [-0.39, 0.29) is 24.4 Å². The molecule has 1 atom stereocenters. The van der Waals surface area contributed by atoms with E-state index in [1.54, 1.807) is 7.11 Å². The highest BCUT2D eigenvalue weighted by Gasteiger charge is 2.17. The summed E-state index contributed by atoms with van der Waals surface area (Å²) in [5, 5.41) is 8.58. The van der Waals surface area contributed by atoms with Gasteiger partial charge in [-0.25, -0.2) is 0 Å². The largest absolute Gasteiger partial charge is 0.497 e. The molecule has 3 N–H and O–H groups in total. The molecule has 0 aliphatic carbocycles. The second kappa shape index (κ2) is 9.12. The average molecular weight is 321 g/mol. The number of benzene rings is 1. The first kappa shape index (κ1) is 17.2. The highest BCUT2D eigenvalue weighted by molar-refractivity contribution is 5.84. The summed E-state index contributed by atoms with van der Waals surface area (Å²) in [4.78, 5) is 23.5. The van der Waals surface area contributed by atoms with E-state index in [9.17, 15) is 9.59 Å². The highest BCUT2D eigenvalue weighted by Crippen LogP contribution is 2.10. The van der Waals surface area contributed by atoms with E-state index in [0.717, 1.165) is 17.9 Å². The Bertz CT molecular complexity index is 513. The van der Waals surface area contributed by atoms with Gasteiger partial charge in [0.1, 0.15) is 5.75 Å². The smallest absolute Gasteiger partial charge is 0.239 e. The standard InChI is InChI=1S/C16H23N3O4/c1-22-14-4-2-12(3-5-14)9-18-16(21)10-19-15(20)8-13-11-23-7-6-17-13/h2-5,13,17H,6-11H2,1H3,(H,18,21)(H,19,20). The zero-order chi connectivity index (χ0) is 16.5. The first-order chi connectivity index (χ1) is 11.2. The first-order valence-electron chi connectivity index (χ1n) is 7.65. The third kappa shape index (κ3) is 6.25. The predicted molar refractivity (Wildman–Crippen MR) is 85.1 cm³/mol. The van der Waals surface area contributed by atoms with Crippen molar-refractivity contribution >= 4 is 11.8 Å². The van der Waals surface area contributed by atoms with E-state index >= 15 is 0 Å². The lowest BCUT2D eigenvalue weighted by molar-refractivity contribution is -0.126. The van der Waals surface area contributed by atoms with Crippen molar-refractivity contribution in [3.05, 3.63) is 29.8 Å². The average Bonchev–Trinajstić information content (AvgIpc) is 2.59. The molecule has 0 spiro atoms. The molecule has 1 saturated heterocycles. The number of hydrogen-bond donors (Lipinski definition) is 3. The molecule has 0 radical (unpaired) electrons. The minimum Gasteiger partial charge on any atom is -0.497 e. The number of morpholine rings is 1. The lowest BCUT2D eigenvalue weighted by atomic mass is 10.2. The van der Waals surface area contributed by atoms with E-state index in [4.69, 9.17) is 9.47 Å². The Labute approximate surface area is 135 Å². The van der Waals surface area contributed by atoms with Gasteiger partial charge in [-0.3, -0.25) is 9.59 Å². The second-order valence-electron chi connectivity index (χ2n) is 5.33. The fraction of sp³-hybridized carbons (Fsp3) is 0.500. The molecule has 1 aromatic rings. The fourth-order valence-corrected chi connectivity index (χ4v) is 2.23. The van der Waals surface area contributed by atoms with Crippen molar-refractivity contribution in [1.29, 1.82) is 0 Å². The van der Waals surface area contributed by atoms with E-state index in [0.29, 0.717) is 26.2 Å². The maximum atomic E-state index is 11.8. The summed E-state index contributed by atoms with van der Waals surface area (Å²) in [7, 11) is 1.61. The normalized spacial score (nSPS) is 17.3. The van der Waals surface area contributed by atoms with E-state index < -0.39 is 0 Å². The quantitative estimate of drug-likeness (QED) is 0.648. The zero-order valence-electron chi connectivity index (χ0n) is 13.3. The molecule has 1 aliphatic heterocycles. The zero-order valence-corrected chi connectivity index (χ0v) is 13.3. The molecular formula is C16H23N3O4. The molecule has 126 valence electrons. The van der Waals surface area contributed by atoms with Gasteiger partial charge < -0.3 is 25.4 Å². The van der Waals surface area contributed by atoms with Crippen LogP contribution in [0.2, 0.25) is 0 Å². The van der Waals surface area contributed by atoms with Gasteiger partial charge in [0.2, 0.25) is 11.8 Å². The summed E-state index contributed by atoms with van der Waals surface area (Å²) >= 11 is 0. The number of rotatable bonds is 7. The third-order valence-electron chi connectivity index (χ3n) is 3.53. The summed E-state index contributed by atoms with van der Waals surface area (Å²) in [6.07, 6.45) is 0.311. The summed E-state index contributed by atoms with van der Waals surface area (Å²) in [6, 6.07) is 7.45. The van der Waals surface area contributed by atoms with Crippen molar-refractivity contribution in [2.24, 2.45) is 0 Å². The molecular weight excluding hydrogens is 298 g/mol. The molecule has 1 aromatic carbocycles. The van der Waals surface area contributed by atoms with Crippen molar-refractivity contribution in [3.63, 3.8) is 0 Å². The lowest BCUT2D eigenvalue weighted by Crippen LogP contribution is -2.45. The van der Waals surface area contributed by atoms with Crippen LogP contribution in [-0.4, -0.2) is 51.3 Å². The van der Waals surface area contributed by atoms with Crippen molar-refractivity contribution in [3.8, 4) is 5.75 Å². The van der Waals surface area contributed by atoms with E-state index in [1.807, 2.05) is 24.3 Å². The molecule has 7 nitrogen and oxygen atoms in total. The SMILES string of the molecule is COc1ccc(CNC(=O)CNC(=O)CC2COCCN2)cc1. The molecule has 2 rings (SSSR count). The van der Waals surface area contributed by atoms with Crippen molar-refractivity contribution in [2.45, 2.75) is 19.0 Å². The van der Waals surface area contributed by atoms with Crippen LogP contribution in [-0.2, 0) is 20.9 Å². The van der Waals surface area contributed by atoms with Crippen LogP contribution < -0.4 is 20.7 Å². The number of amides is 2. The highest BCUT2D eigenvalue weighted by atomic mass is 16.5. The Kier molecular flexibility index (Phi) is 6.83. The van der Waals surface area contributed by atoms with Gasteiger partial charge in [-0.1, -0.05) is 12.1 Å². The summed E-state index contributed by atoms with van der Waals surface area (Å²) in [6.45, 7) is 2.34. The van der Waals surface area contributed by atoms with Crippen LogP contribution in [0.5, 0.6) is 5.75 Å². The Morgan fingerprint density at radius 3 is 2.70 bits per heavy atom. The number of methoxy groups -OCH3 is 1. The van der Waals surface area contributed by atoms with Gasteiger partial charge in [0, 0.05) is 25.6 Å². The lowest BCUT2D eigenvalue weighted by Gasteiger charge is -2.23. The molecule has 2 amide bonds. The number of carbonyl (C=O) groups is 2. The van der Waals surface area contributed by atoms with Crippen LogP contribution in [0, 0.1) is 0 Å². The Balaban J connectivity index is 1.62. The van der Waals surface area contributed by atoms with Gasteiger partial charge in [-0.15, -0.1) is 0 Å². The molecule has 1 unspecified atom stereocenters. The van der Waals surface area contributed by atoms with Gasteiger partial charge in [0.25, 0.3) is 0 Å². The van der Waals surface area contributed by atoms with Gasteiger partial charge in [-0.05, 0) is 17.7 Å². The number of hydrogen-bond acceptors (Lipinski definition) is 5. The minimum absolute atomic E-state index is 0.0195. The molecule has 1 aliphatic rings. The van der Waals surface area contributed by atoms with Crippen molar-refractivity contribution in [2.75, 3.05) is 33.4 Å². The van der Waals surface area contributed by atoms with Crippen molar-refractivity contribution < 1.29 is 19.1 Å². The summed E-state index contributed by atoms with van der Waals surface area (Å²) < 4.78 is 10.4. The Morgan fingerprint density at radius 2 is 2.04 bits per heavy atom. The Morgan fingerprint density at radius 1 is 1.26 bits per heavy atom. The monoisotopic (exact) mass is 321 g/mol. The maximum absolute atomic E-state index is 11.8. The summed E-state index contributed by atoms with van der Waals surface area (Å²) in [5.74, 6) is 0.391. The van der Waals surface area contributed by atoms with Gasteiger partial charge in [0.15, 0.2) is 0 Å². The maximum Gasteiger partial charge on any atom is 0.239 e. The van der Waals surface area contributed by atoms with Gasteiger partial charge in [0.05, 0.1) is 26.9 Å². The number of nitrogens with one attached hydrogen (secondary N) is 3. The van der Waals surface area contributed by atoms with E-state index in [1.165, 1.54) is 0 Å². The van der Waals surface area contributed by atoms with Crippen LogP contribution in [0.3, 0.4) is 0 Å². The van der Waals surface area contributed by atoms with Gasteiger partial charge in [-0.2, -0.15) is 0 Å². The molecule has 0 aromatic heterocycles. The number of carbonyl (C=O) groups excluding carboxylic acids is 2. The fourth-order valence-electron chi connectivity index (χ4n) is 2.23. The molecule has 1 fully saturated rings. The van der Waals surface area contributed by atoms with Gasteiger partial charge >= 0.3 is 0 Å². The number of ether oxygens (including phenoxy) is 2. The third-order valence-corrected chi connectivity index (χ3v) is 3.53. The van der Waals surface area contributed by atoms with Crippen LogP contribution >= 0.6 is 0 Å². The molecule has 1 heterocycles. The molecule has 7 heteroatoms. The second-order valence-corrected chi connectivity index (χ2v) is 5.33. The van der Waals surface area contributed by atoms with Crippen LogP contribution in [0.4, 0.5) is 0 Å². The van der Waals surface area contributed by atoms with Crippen LogP contribution in [0.1, 0.15) is 12.0 Å². The Hall–Kier alpha value is -2.12. The topological polar surface area (TPSA) is 88.7 Å². The summed E-state index contributed by atoms with van der Waals surface area (Å²) in [5.41, 5.74) is 0.967. The first-order valence-corrected chi connectivity index (χ1v) is 7.65. The van der Waals surface area contributed by atoms with Crippen LogP contribution in [0.15, 0.2) is 24.3 Å². The van der Waals surface area contributed by atoms with E-state index in [2.05, 4.69) is 16.0 Å². The molecule has 23 heavy (non-hydrogen) atoms. The molecule has 0 bridgehead atoms. The van der Waals surface area contributed by atoms with Crippen LogP contribution in [0.25, 0.3) is 0 Å². The predicted octanol–water partition coefficient (Wildman–Crippen LogP) is -0.194. The molecule has 0 saturated carbocycles.